The molecule has 1 amide bonds. The van der Waals surface area contributed by atoms with E-state index in [-0.39, 0.29) is 5.91 Å². The average Bonchev–Trinajstić information content (AvgIpc) is 2.70. The highest BCUT2D eigenvalue weighted by Crippen LogP contribution is 2.30. The van der Waals surface area contributed by atoms with Crippen LogP contribution < -0.4 is 0 Å². The van der Waals surface area contributed by atoms with Crippen LogP contribution >= 0.6 is 15.9 Å². The van der Waals surface area contributed by atoms with E-state index in [0.29, 0.717) is 13.1 Å². The third kappa shape index (κ3) is 1.95. The number of hydrogen-bond donors (Lipinski definition) is 0. The quantitative estimate of drug-likeness (QED) is 0.830. The molecule has 2 aromatic rings. The zero-order valence-corrected chi connectivity index (χ0v) is 11.4. The molecule has 0 saturated heterocycles. The minimum atomic E-state index is 0.121. The van der Waals surface area contributed by atoms with Crippen LogP contribution in [-0.2, 0) is 13.1 Å². The molecular formula is C15H12BrNO. The highest BCUT2D eigenvalue weighted by Gasteiger charge is 2.28. The molecule has 0 fully saturated rings. The number of carbonyl (C=O) groups is 1. The second kappa shape index (κ2) is 4.58. The van der Waals surface area contributed by atoms with Crippen molar-refractivity contribution in [1.82, 2.24) is 4.90 Å². The molecule has 1 heterocycles. The maximum absolute atomic E-state index is 12.3. The van der Waals surface area contributed by atoms with Crippen molar-refractivity contribution in [3.8, 4) is 0 Å². The molecular weight excluding hydrogens is 290 g/mol. The van der Waals surface area contributed by atoms with E-state index in [1.54, 1.807) is 0 Å². The summed E-state index contributed by atoms with van der Waals surface area (Å²) in [6.07, 6.45) is 0. The highest BCUT2D eigenvalue weighted by molar-refractivity contribution is 9.10. The first-order chi connectivity index (χ1) is 8.75. The fourth-order valence-corrected chi connectivity index (χ4v) is 2.78. The van der Waals surface area contributed by atoms with E-state index in [0.717, 1.165) is 21.2 Å². The number of nitrogens with zero attached hydrogens (tertiary/aromatic N) is 1. The minimum absolute atomic E-state index is 0.121. The van der Waals surface area contributed by atoms with E-state index in [1.165, 1.54) is 0 Å². The molecule has 18 heavy (non-hydrogen) atoms. The van der Waals surface area contributed by atoms with Gasteiger partial charge in [0.25, 0.3) is 5.91 Å². The minimum Gasteiger partial charge on any atom is -0.330 e. The van der Waals surface area contributed by atoms with Crippen LogP contribution in [0.4, 0.5) is 0 Å². The molecule has 0 radical (unpaired) electrons. The van der Waals surface area contributed by atoms with Gasteiger partial charge in [-0.2, -0.15) is 0 Å². The smallest absolute Gasteiger partial charge is 0.254 e. The summed E-state index contributed by atoms with van der Waals surface area (Å²) in [6.45, 7) is 1.35. The number of carbonyl (C=O) groups excluding carboxylic acids is 1. The van der Waals surface area contributed by atoms with Crippen molar-refractivity contribution in [2.24, 2.45) is 0 Å². The molecule has 0 saturated carbocycles. The first-order valence-corrected chi connectivity index (χ1v) is 6.65. The van der Waals surface area contributed by atoms with Crippen molar-refractivity contribution >= 4 is 21.8 Å². The summed E-state index contributed by atoms with van der Waals surface area (Å²) < 4.78 is 1.02. The number of rotatable bonds is 2. The van der Waals surface area contributed by atoms with Crippen LogP contribution in [0.25, 0.3) is 0 Å². The van der Waals surface area contributed by atoms with Crippen LogP contribution in [0.15, 0.2) is 53.0 Å². The molecule has 2 nitrogen and oxygen atoms in total. The lowest BCUT2D eigenvalue weighted by atomic mass is 10.1. The van der Waals surface area contributed by atoms with Crippen molar-refractivity contribution in [3.05, 3.63) is 69.7 Å². The molecule has 0 spiro atoms. The van der Waals surface area contributed by atoms with E-state index < -0.39 is 0 Å². The molecule has 1 aliphatic rings. The summed E-state index contributed by atoms with van der Waals surface area (Å²) in [7, 11) is 0. The Morgan fingerprint density at radius 3 is 2.56 bits per heavy atom. The van der Waals surface area contributed by atoms with Crippen molar-refractivity contribution in [2.75, 3.05) is 0 Å². The van der Waals surface area contributed by atoms with Gasteiger partial charge in [0, 0.05) is 23.1 Å². The predicted molar refractivity (Wildman–Crippen MR) is 74.2 cm³/mol. The Bertz CT molecular complexity index is 595. The van der Waals surface area contributed by atoms with Gasteiger partial charge in [-0.05, 0) is 23.3 Å². The molecule has 0 bridgehead atoms. The fraction of sp³-hybridized carbons (Fsp3) is 0.133. The molecule has 1 aliphatic heterocycles. The lowest BCUT2D eigenvalue weighted by Gasteiger charge is -2.15. The zero-order chi connectivity index (χ0) is 12.5. The van der Waals surface area contributed by atoms with Gasteiger partial charge in [0.2, 0.25) is 0 Å². The van der Waals surface area contributed by atoms with Crippen molar-refractivity contribution in [3.63, 3.8) is 0 Å². The summed E-state index contributed by atoms with van der Waals surface area (Å²) in [6, 6.07) is 15.9. The molecule has 0 aliphatic carbocycles. The predicted octanol–water partition coefficient (Wildman–Crippen LogP) is 3.61. The second-order valence-corrected chi connectivity index (χ2v) is 5.27. The normalized spacial score (nSPS) is 13.8. The van der Waals surface area contributed by atoms with E-state index >= 15 is 0 Å². The lowest BCUT2D eigenvalue weighted by molar-refractivity contribution is 0.0766. The Balaban J connectivity index is 1.87. The van der Waals surface area contributed by atoms with Gasteiger partial charge in [-0.3, -0.25) is 4.79 Å². The number of benzene rings is 2. The topological polar surface area (TPSA) is 20.3 Å². The fourth-order valence-electron chi connectivity index (χ4n) is 2.28. The van der Waals surface area contributed by atoms with Crippen LogP contribution in [0.3, 0.4) is 0 Å². The average molecular weight is 302 g/mol. The Kier molecular flexibility index (Phi) is 2.92. The van der Waals surface area contributed by atoms with Gasteiger partial charge in [-0.1, -0.05) is 52.3 Å². The standard InChI is InChI=1S/C15H12BrNO/c16-14-8-4-7-12-13(14)10-17(15(12)18)9-11-5-2-1-3-6-11/h1-8H,9-10H2. The lowest BCUT2D eigenvalue weighted by Crippen LogP contribution is -2.23. The Morgan fingerprint density at radius 2 is 1.83 bits per heavy atom. The van der Waals surface area contributed by atoms with Gasteiger partial charge in [-0.15, -0.1) is 0 Å². The molecule has 3 rings (SSSR count). The molecule has 0 aromatic heterocycles. The second-order valence-electron chi connectivity index (χ2n) is 4.41. The monoisotopic (exact) mass is 301 g/mol. The van der Waals surface area contributed by atoms with Gasteiger partial charge in [0.1, 0.15) is 0 Å². The first-order valence-electron chi connectivity index (χ1n) is 5.86. The third-order valence-corrected chi connectivity index (χ3v) is 3.94. The Labute approximate surface area is 114 Å². The Hall–Kier alpha value is -1.61. The van der Waals surface area contributed by atoms with Crippen LogP contribution in [0.2, 0.25) is 0 Å². The van der Waals surface area contributed by atoms with Crippen molar-refractivity contribution in [1.29, 1.82) is 0 Å². The number of halogens is 1. The van der Waals surface area contributed by atoms with Gasteiger partial charge < -0.3 is 4.90 Å². The molecule has 3 heteroatoms. The molecule has 0 atom stereocenters. The highest BCUT2D eigenvalue weighted by atomic mass is 79.9. The summed E-state index contributed by atoms with van der Waals surface area (Å²) in [5.74, 6) is 0.121. The summed E-state index contributed by atoms with van der Waals surface area (Å²) >= 11 is 3.51. The number of fused-ring (bicyclic) bond motifs is 1. The maximum Gasteiger partial charge on any atom is 0.254 e. The van der Waals surface area contributed by atoms with Gasteiger partial charge in [0.05, 0.1) is 0 Å². The van der Waals surface area contributed by atoms with Crippen LogP contribution in [0, 0.1) is 0 Å². The van der Waals surface area contributed by atoms with Crippen LogP contribution in [0.5, 0.6) is 0 Å². The van der Waals surface area contributed by atoms with Gasteiger partial charge >= 0.3 is 0 Å². The number of amides is 1. The Morgan fingerprint density at radius 1 is 1.06 bits per heavy atom. The maximum atomic E-state index is 12.3. The largest absolute Gasteiger partial charge is 0.330 e. The van der Waals surface area contributed by atoms with Crippen molar-refractivity contribution < 1.29 is 4.79 Å². The van der Waals surface area contributed by atoms with E-state index in [1.807, 2.05) is 53.4 Å². The molecule has 90 valence electrons. The van der Waals surface area contributed by atoms with Gasteiger partial charge in [-0.25, -0.2) is 0 Å². The molecule has 0 N–H and O–H groups in total. The third-order valence-electron chi connectivity index (χ3n) is 3.20. The van der Waals surface area contributed by atoms with Crippen LogP contribution in [0.1, 0.15) is 21.5 Å². The summed E-state index contributed by atoms with van der Waals surface area (Å²) in [5.41, 5.74) is 3.08. The first kappa shape index (κ1) is 11.5. The molecule has 0 unspecified atom stereocenters. The SMILES string of the molecule is O=C1c2cccc(Br)c2CN1Cc1ccccc1. The van der Waals surface area contributed by atoms with Gasteiger partial charge in [0.15, 0.2) is 0 Å². The summed E-state index contributed by atoms with van der Waals surface area (Å²) in [5, 5.41) is 0. The van der Waals surface area contributed by atoms with E-state index in [9.17, 15) is 4.79 Å². The zero-order valence-electron chi connectivity index (χ0n) is 9.77. The van der Waals surface area contributed by atoms with E-state index in [2.05, 4.69) is 15.9 Å². The van der Waals surface area contributed by atoms with E-state index in [4.69, 9.17) is 0 Å². The molecule has 2 aromatic carbocycles. The van der Waals surface area contributed by atoms with Crippen LogP contribution in [-0.4, -0.2) is 10.8 Å². The van der Waals surface area contributed by atoms with Crippen molar-refractivity contribution in [2.45, 2.75) is 13.1 Å². The number of hydrogen-bond acceptors (Lipinski definition) is 1. The summed E-state index contributed by atoms with van der Waals surface area (Å²) in [4.78, 5) is 14.1.